The second kappa shape index (κ2) is 7.15. The first-order chi connectivity index (χ1) is 9.26. The van der Waals surface area contributed by atoms with Crippen molar-refractivity contribution in [2.75, 3.05) is 13.6 Å². The average molecular weight is 314 g/mol. The van der Waals surface area contributed by atoms with E-state index in [0.29, 0.717) is 17.5 Å². The van der Waals surface area contributed by atoms with E-state index in [0.717, 1.165) is 17.5 Å². The van der Waals surface area contributed by atoms with Crippen molar-refractivity contribution in [2.24, 2.45) is 11.7 Å². The molecule has 4 nitrogen and oxygen atoms in total. The molecule has 0 fully saturated rings. The molecule has 20 heavy (non-hydrogen) atoms. The van der Waals surface area contributed by atoms with E-state index in [-0.39, 0.29) is 5.75 Å². The summed E-state index contributed by atoms with van der Waals surface area (Å²) in [6.45, 7) is 4.65. The highest BCUT2D eigenvalue weighted by Crippen LogP contribution is 2.13. The number of nitrogens with zero attached hydrogens (tertiary/aromatic N) is 1. The Bertz CT molecular complexity index is 553. The van der Waals surface area contributed by atoms with E-state index in [1.807, 2.05) is 6.92 Å². The van der Waals surface area contributed by atoms with Gasteiger partial charge in [-0.25, -0.2) is 12.7 Å². The highest BCUT2D eigenvalue weighted by molar-refractivity contribution is 7.88. The summed E-state index contributed by atoms with van der Waals surface area (Å²) in [6.07, 6.45) is 0.961. The van der Waals surface area contributed by atoms with Gasteiger partial charge in [0.25, 0.3) is 0 Å². The normalized spacial score (nSPS) is 13.4. The van der Waals surface area contributed by atoms with E-state index in [9.17, 15) is 8.42 Å². The van der Waals surface area contributed by atoms with Crippen molar-refractivity contribution in [3.63, 3.8) is 0 Å². The van der Waals surface area contributed by atoms with Gasteiger partial charge in [0, 0.05) is 19.2 Å². The van der Waals surface area contributed by atoms with Gasteiger partial charge in [-0.15, -0.1) is 0 Å². The maximum Gasteiger partial charge on any atom is 0.218 e. The van der Waals surface area contributed by atoms with Crippen LogP contribution in [0, 0.1) is 5.92 Å². The lowest BCUT2D eigenvalue weighted by Gasteiger charge is -2.20. The molecule has 0 spiro atoms. The fraction of sp³-hybridized carbons (Fsp3) is 0.500. The summed E-state index contributed by atoms with van der Waals surface area (Å²) in [7, 11) is -1.65. The van der Waals surface area contributed by atoms with Crippen molar-refractivity contribution >= 4 is 27.2 Å². The summed E-state index contributed by atoms with van der Waals surface area (Å²) >= 11 is 4.87. The third kappa shape index (κ3) is 4.85. The molecule has 1 aromatic carbocycles. The zero-order valence-corrected chi connectivity index (χ0v) is 13.8. The van der Waals surface area contributed by atoms with Gasteiger partial charge in [0.1, 0.15) is 4.99 Å². The monoisotopic (exact) mass is 314 g/mol. The van der Waals surface area contributed by atoms with E-state index < -0.39 is 10.0 Å². The fourth-order valence-electron chi connectivity index (χ4n) is 1.77. The zero-order chi connectivity index (χ0) is 15.3. The molecule has 112 valence electrons. The van der Waals surface area contributed by atoms with Gasteiger partial charge in [-0.2, -0.15) is 0 Å². The quantitative estimate of drug-likeness (QED) is 0.783. The van der Waals surface area contributed by atoms with Crippen LogP contribution in [0.1, 0.15) is 31.4 Å². The first kappa shape index (κ1) is 17.1. The summed E-state index contributed by atoms with van der Waals surface area (Å²) < 4.78 is 25.9. The highest BCUT2D eigenvalue weighted by atomic mass is 32.2. The molecule has 0 radical (unpaired) electrons. The Morgan fingerprint density at radius 2 is 1.90 bits per heavy atom. The van der Waals surface area contributed by atoms with Gasteiger partial charge < -0.3 is 5.73 Å². The molecule has 0 aliphatic carbocycles. The van der Waals surface area contributed by atoms with Crippen LogP contribution >= 0.6 is 12.2 Å². The molecule has 1 rings (SSSR count). The van der Waals surface area contributed by atoms with Crippen LogP contribution in [0.15, 0.2) is 24.3 Å². The summed E-state index contributed by atoms with van der Waals surface area (Å²) in [5.41, 5.74) is 7.00. The summed E-state index contributed by atoms with van der Waals surface area (Å²) in [6, 6.07) is 7.01. The zero-order valence-electron chi connectivity index (χ0n) is 12.2. The summed E-state index contributed by atoms with van der Waals surface area (Å²) in [5.74, 6) is 0.351. The molecule has 0 saturated carbocycles. The smallest absolute Gasteiger partial charge is 0.218 e. The van der Waals surface area contributed by atoms with E-state index in [4.69, 9.17) is 18.0 Å². The second-order valence-corrected chi connectivity index (χ2v) is 7.63. The van der Waals surface area contributed by atoms with E-state index in [1.165, 1.54) is 4.31 Å². The minimum absolute atomic E-state index is 0.00243. The van der Waals surface area contributed by atoms with E-state index in [1.54, 1.807) is 31.3 Å². The summed E-state index contributed by atoms with van der Waals surface area (Å²) in [4.78, 5) is 0.313. The second-order valence-electron chi connectivity index (χ2n) is 5.11. The number of rotatable bonds is 7. The van der Waals surface area contributed by atoms with Gasteiger partial charge in [-0.1, -0.05) is 56.8 Å². The molecule has 0 aliphatic heterocycles. The molecule has 0 saturated heterocycles. The number of nitrogens with two attached hydrogens (primary N) is 1. The Balaban J connectivity index is 2.77. The summed E-state index contributed by atoms with van der Waals surface area (Å²) in [5, 5.41) is 0. The minimum atomic E-state index is -3.28. The Labute approximate surface area is 127 Å². The molecule has 0 aromatic heterocycles. The lowest BCUT2D eigenvalue weighted by atomic mass is 10.1. The van der Waals surface area contributed by atoms with Crippen LogP contribution in [0.3, 0.4) is 0 Å². The van der Waals surface area contributed by atoms with Crippen LogP contribution in [-0.2, 0) is 15.8 Å². The first-order valence-electron chi connectivity index (χ1n) is 6.59. The largest absolute Gasteiger partial charge is 0.389 e. The molecule has 1 aromatic rings. The number of thiocarbonyl (C=S) groups is 1. The third-order valence-electron chi connectivity index (χ3n) is 3.33. The van der Waals surface area contributed by atoms with Crippen LogP contribution in [0.25, 0.3) is 0 Å². The molecule has 2 N–H and O–H groups in total. The van der Waals surface area contributed by atoms with Crippen molar-refractivity contribution in [1.29, 1.82) is 0 Å². The molecule has 0 bridgehead atoms. The van der Waals surface area contributed by atoms with Gasteiger partial charge in [0.2, 0.25) is 10.0 Å². The Morgan fingerprint density at radius 3 is 2.35 bits per heavy atom. The van der Waals surface area contributed by atoms with Crippen molar-refractivity contribution in [3.8, 4) is 0 Å². The molecule has 1 unspecified atom stereocenters. The standard InChI is InChI=1S/C14H22N2O2S2/c1-4-11(2)9-16(3)20(17,18)10-12-5-7-13(8-6-12)14(15)19/h5-8,11H,4,9-10H2,1-3H3,(H2,15,19). The lowest BCUT2D eigenvalue weighted by molar-refractivity contribution is 0.393. The Kier molecular flexibility index (Phi) is 6.10. The van der Waals surface area contributed by atoms with Crippen LogP contribution < -0.4 is 5.73 Å². The fourth-order valence-corrected chi connectivity index (χ4v) is 3.22. The first-order valence-corrected chi connectivity index (χ1v) is 8.60. The van der Waals surface area contributed by atoms with Crippen LogP contribution in [0.4, 0.5) is 0 Å². The maximum absolute atomic E-state index is 12.2. The Morgan fingerprint density at radius 1 is 1.35 bits per heavy atom. The van der Waals surface area contributed by atoms with Gasteiger partial charge in [0.15, 0.2) is 0 Å². The molecule has 0 heterocycles. The molecule has 6 heteroatoms. The van der Waals surface area contributed by atoms with E-state index in [2.05, 4.69) is 6.92 Å². The number of hydrogen-bond donors (Lipinski definition) is 1. The van der Waals surface area contributed by atoms with Crippen LogP contribution in [0.5, 0.6) is 0 Å². The molecular formula is C14H22N2O2S2. The van der Waals surface area contributed by atoms with Gasteiger partial charge in [-0.05, 0) is 11.5 Å². The van der Waals surface area contributed by atoms with Crippen molar-refractivity contribution in [2.45, 2.75) is 26.0 Å². The predicted molar refractivity (Wildman–Crippen MR) is 87.0 cm³/mol. The minimum Gasteiger partial charge on any atom is -0.389 e. The molecular weight excluding hydrogens is 292 g/mol. The van der Waals surface area contributed by atoms with Crippen molar-refractivity contribution in [3.05, 3.63) is 35.4 Å². The Hall–Kier alpha value is -0.980. The van der Waals surface area contributed by atoms with Gasteiger partial charge in [-0.3, -0.25) is 0 Å². The van der Waals surface area contributed by atoms with Crippen LogP contribution in [-0.4, -0.2) is 31.3 Å². The average Bonchev–Trinajstić information content (AvgIpc) is 2.38. The van der Waals surface area contributed by atoms with Crippen LogP contribution in [0.2, 0.25) is 0 Å². The number of benzene rings is 1. The van der Waals surface area contributed by atoms with Gasteiger partial charge >= 0.3 is 0 Å². The number of sulfonamides is 1. The topological polar surface area (TPSA) is 63.4 Å². The SMILES string of the molecule is CCC(C)CN(C)S(=O)(=O)Cc1ccc(C(N)=S)cc1. The third-order valence-corrected chi connectivity index (χ3v) is 5.36. The number of hydrogen-bond acceptors (Lipinski definition) is 3. The predicted octanol–water partition coefficient (Wildman–Crippen LogP) is 2.13. The van der Waals surface area contributed by atoms with Crippen molar-refractivity contribution < 1.29 is 8.42 Å². The van der Waals surface area contributed by atoms with Crippen molar-refractivity contribution in [1.82, 2.24) is 4.31 Å². The maximum atomic E-state index is 12.2. The molecule has 1 atom stereocenters. The van der Waals surface area contributed by atoms with Gasteiger partial charge in [0.05, 0.1) is 5.75 Å². The molecule has 0 aliphatic rings. The highest BCUT2D eigenvalue weighted by Gasteiger charge is 2.20. The van der Waals surface area contributed by atoms with E-state index >= 15 is 0 Å². The lowest BCUT2D eigenvalue weighted by Crippen LogP contribution is -2.32. The molecule has 0 amide bonds.